The first-order chi connectivity index (χ1) is 24.6. The van der Waals surface area contributed by atoms with Crippen LogP contribution < -0.4 is 0 Å². The van der Waals surface area contributed by atoms with Crippen LogP contribution in [-0.4, -0.2) is 14.5 Å². The van der Waals surface area contributed by atoms with Crippen molar-refractivity contribution in [1.29, 1.82) is 0 Å². The zero-order valence-corrected chi connectivity index (χ0v) is 27.9. The highest BCUT2D eigenvalue weighted by molar-refractivity contribution is 6.12. The molecule has 1 aliphatic rings. The first kappa shape index (κ1) is 28.7. The second kappa shape index (κ2) is 10.8. The number of nitrogens with zero attached hydrogens (tertiary/aromatic N) is 3. The highest BCUT2D eigenvalue weighted by atomic mass is 15.0. The summed E-state index contributed by atoms with van der Waals surface area (Å²) < 4.78 is 2.48. The van der Waals surface area contributed by atoms with Crippen LogP contribution in [0.2, 0.25) is 0 Å². The van der Waals surface area contributed by atoms with E-state index in [0.29, 0.717) is 0 Å². The second-order valence-electron chi connectivity index (χ2n) is 13.8. The lowest BCUT2D eigenvalue weighted by Crippen LogP contribution is -2.15. The predicted octanol–water partition coefficient (Wildman–Crippen LogP) is 12.0. The smallest absolute Gasteiger partial charge is 0.0965 e. The van der Waals surface area contributed by atoms with Gasteiger partial charge in [0.05, 0.1) is 33.4 Å². The highest BCUT2D eigenvalue weighted by Crippen LogP contribution is 2.51. The normalized spacial score (nSPS) is 13.2. The van der Waals surface area contributed by atoms with Gasteiger partial charge in [0.2, 0.25) is 0 Å². The van der Waals surface area contributed by atoms with Gasteiger partial charge in [0, 0.05) is 39.1 Å². The van der Waals surface area contributed by atoms with Crippen molar-refractivity contribution in [2.75, 3.05) is 0 Å². The molecule has 3 nitrogen and oxygen atoms in total. The molecule has 0 radical (unpaired) electrons. The van der Waals surface area contributed by atoms with Crippen molar-refractivity contribution in [3.63, 3.8) is 0 Å². The summed E-state index contributed by atoms with van der Waals surface area (Å²) in [4.78, 5) is 9.96. The quantitative estimate of drug-likeness (QED) is 0.192. The Morgan fingerprint density at radius 2 is 1.20 bits per heavy atom. The number of hydrogen-bond acceptors (Lipinski definition) is 2. The first-order valence-corrected chi connectivity index (χ1v) is 17.3. The van der Waals surface area contributed by atoms with Gasteiger partial charge < -0.3 is 4.57 Å². The van der Waals surface area contributed by atoms with Gasteiger partial charge in [-0.25, -0.2) is 4.98 Å². The Hall–Kier alpha value is -6.32. The van der Waals surface area contributed by atoms with Crippen molar-refractivity contribution >= 4 is 32.8 Å². The molecule has 0 fully saturated rings. The molecule has 3 heteroatoms. The van der Waals surface area contributed by atoms with E-state index in [4.69, 9.17) is 9.97 Å². The lowest BCUT2D eigenvalue weighted by Gasteiger charge is -2.22. The average Bonchev–Trinajstić information content (AvgIpc) is 3.62. The summed E-state index contributed by atoms with van der Waals surface area (Å²) in [5.74, 6) is 0. The molecule has 0 N–H and O–H groups in total. The van der Waals surface area contributed by atoms with Gasteiger partial charge in [-0.05, 0) is 75.8 Å². The van der Waals surface area contributed by atoms with Gasteiger partial charge >= 0.3 is 0 Å². The van der Waals surface area contributed by atoms with Gasteiger partial charge in [0.25, 0.3) is 0 Å². The molecule has 0 atom stereocenters. The van der Waals surface area contributed by atoms with E-state index in [-0.39, 0.29) is 5.41 Å². The van der Waals surface area contributed by atoms with Crippen LogP contribution in [0.3, 0.4) is 0 Å². The molecule has 0 aliphatic heterocycles. The summed E-state index contributed by atoms with van der Waals surface area (Å²) in [7, 11) is 0. The van der Waals surface area contributed by atoms with Crippen LogP contribution in [0.15, 0.2) is 164 Å². The number of fused-ring (bicyclic) bond motifs is 7. The van der Waals surface area contributed by atoms with Gasteiger partial charge in [0.15, 0.2) is 0 Å². The van der Waals surface area contributed by atoms with Crippen LogP contribution in [0.4, 0.5) is 0 Å². The maximum Gasteiger partial charge on any atom is 0.0965 e. The third-order valence-corrected chi connectivity index (χ3v) is 10.6. The summed E-state index contributed by atoms with van der Waals surface area (Å²) in [6, 6.07) is 56.9. The molecule has 0 bridgehead atoms. The van der Waals surface area contributed by atoms with Crippen molar-refractivity contribution in [2.24, 2.45) is 0 Å². The van der Waals surface area contributed by atoms with Gasteiger partial charge in [-0.2, -0.15) is 0 Å². The molecule has 0 spiro atoms. The van der Waals surface area contributed by atoms with E-state index < -0.39 is 0 Å². The monoisotopic (exact) mass is 639 g/mol. The molecular formula is C47H33N3. The van der Waals surface area contributed by atoms with E-state index in [1.807, 2.05) is 12.3 Å². The zero-order chi connectivity index (χ0) is 33.4. The Balaban J connectivity index is 1.28. The van der Waals surface area contributed by atoms with Gasteiger partial charge in [0.1, 0.15) is 0 Å². The van der Waals surface area contributed by atoms with Crippen LogP contribution in [0, 0.1) is 0 Å². The largest absolute Gasteiger partial charge is 0.309 e. The Labute approximate surface area is 291 Å². The van der Waals surface area contributed by atoms with Crippen LogP contribution in [0.5, 0.6) is 0 Å². The van der Waals surface area contributed by atoms with Gasteiger partial charge in [-0.3, -0.25) is 4.98 Å². The van der Waals surface area contributed by atoms with Gasteiger partial charge in [-0.1, -0.05) is 129 Å². The van der Waals surface area contributed by atoms with E-state index in [9.17, 15) is 0 Å². The Kier molecular flexibility index (Phi) is 6.22. The van der Waals surface area contributed by atoms with Crippen LogP contribution >= 0.6 is 0 Å². The van der Waals surface area contributed by atoms with E-state index in [1.165, 1.54) is 55.2 Å². The lowest BCUT2D eigenvalue weighted by molar-refractivity contribution is 0.661. The molecule has 3 heterocycles. The Morgan fingerprint density at radius 1 is 0.480 bits per heavy atom. The van der Waals surface area contributed by atoms with Gasteiger partial charge in [-0.15, -0.1) is 0 Å². The molecule has 1 aliphatic carbocycles. The average molecular weight is 640 g/mol. The van der Waals surface area contributed by atoms with E-state index in [0.717, 1.165) is 39.1 Å². The summed E-state index contributed by atoms with van der Waals surface area (Å²) in [6.07, 6.45) is 1.85. The molecule has 0 amide bonds. The minimum Gasteiger partial charge on any atom is -0.309 e. The lowest BCUT2D eigenvalue weighted by atomic mass is 9.82. The van der Waals surface area contributed by atoms with Crippen LogP contribution in [-0.2, 0) is 5.41 Å². The first-order valence-electron chi connectivity index (χ1n) is 17.3. The summed E-state index contributed by atoms with van der Waals surface area (Å²) >= 11 is 0. The molecule has 3 aromatic heterocycles. The van der Waals surface area contributed by atoms with Crippen molar-refractivity contribution in [1.82, 2.24) is 14.5 Å². The number of benzene rings is 6. The molecule has 9 aromatic rings. The topological polar surface area (TPSA) is 30.7 Å². The SMILES string of the molecule is CC1(C)c2ccccc2-c2cc3c4ccccc4n(-c4cc(-c5cc(-c6ccccc6)c6ncccc6n5)ccc4-c4ccccc4)c3cc21. The third kappa shape index (κ3) is 4.23. The number of aromatic nitrogens is 3. The molecule has 50 heavy (non-hydrogen) atoms. The summed E-state index contributed by atoms with van der Waals surface area (Å²) in [5, 5.41) is 2.51. The predicted molar refractivity (Wildman–Crippen MR) is 208 cm³/mol. The minimum atomic E-state index is -0.109. The van der Waals surface area contributed by atoms with Crippen molar-refractivity contribution < 1.29 is 0 Å². The second-order valence-corrected chi connectivity index (χ2v) is 13.8. The van der Waals surface area contributed by atoms with E-state index in [1.54, 1.807) is 0 Å². The number of pyridine rings is 2. The molecule has 0 unspecified atom stereocenters. The maximum absolute atomic E-state index is 5.20. The molecule has 10 rings (SSSR count). The molecule has 236 valence electrons. The summed E-state index contributed by atoms with van der Waals surface area (Å²) in [5.41, 5.74) is 17.2. The van der Waals surface area contributed by atoms with Crippen LogP contribution in [0.1, 0.15) is 25.0 Å². The number of para-hydroxylation sites is 1. The number of hydrogen-bond donors (Lipinski definition) is 0. The van der Waals surface area contributed by atoms with E-state index >= 15 is 0 Å². The van der Waals surface area contributed by atoms with Crippen LogP contribution in [0.25, 0.3) is 83.2 Å². The standard InChI is InChI=1S/C47H33N3/c1-47(2)39-20-11-9-18-34(39)37-27-38-35-19-10-12-22-43(35)50(45(38)29-40(37)47)44-26-32(23-24-33(44)30-14-5-3-6-15-30)42-28-36(31-16-7-4-8-17-31)46-41(49-42)21-13-25-48-46/h3-29H,1-2H3. The summed E-state index contributed by atoms with van der Waals surface area (Å²) in [6.45, 7) is 4.72. The molecule has 6 aromatic carbocycles. The molecule has 0 saturated carbocycles. The fraction of sp³-hybridized carbons (Fsp3) is 0.0638. The fourth-order valence-corrected chi connectivity index (χ4v) is 8.21. The van der Waals surface area contributed by atoms with Crippen molar-refractivity contribution in [3.8, 4) is 50.3 Å². The fourth-order valence-electron chi connectivity index (χ4n) is 8.21. The third-order valence-electron chi connectivity index (χ3n) is 10.6. The van der Waals surface area contributed by atoms with Crippen molar-refractivity contribution in [3.05, 3.63) is 175 Å². The Bertz CT molecular complexity index is 2770. The maximum atomic E-state index is 5.20. The number of rotatable bonds is 4. The zero-order valence-electron chi connectivity index (χ0n) is 27.9. The minimum absolute atomic E-state index is 0.109. The molecule has 0 saturated heterocycles. The van der Waals surface area contributed by atoms with E-state index in [2.05, 4.69) is 170 Å². The van der Waals surface area contributed by atoms with Crippen molar-refractivity contribution in [2.45, 2.75) is 19.3 Å². The molecular weight excluding hydrogens is 607 g/mol. The highest BCUT2D eigenvalue weighted by Gasteiger charge is 2.36. The Morgan fingerprint density at radius 3 is 2.02 bits per heavy atom.